The molecule has 1 amide bonds. The smallest absolute Gasteiger partial charge is 0.271 e. The van der Waals surface area contributed by atoms with Crippen molar-refractivity contribution in [3.63, 3.8) is 0 Å². The zero-order valence-electron chi connectivity index (χ0n) is 22.3. The average Bonchev–Trinajstić information content (AvgIpc) is 3.27. The normalized spacial score (nSPS) is 14.6. The predicted octanol–water partition coefficient (Wildman–Crippen LogP) is 3.88. The lowest BCUT2D eigenvalue weighted by Gasteiger charge is -2.26. The van der Waals surface area contributed by atoms with Crippen LogP contribution in [0.1, 0.15) is 31.0 Å². The zero-order valence-corrected chi connectivity index (χ0v) is 23.1. The Kier molecular flexibility index (Phi) is 7.99. The van der Waals surface area contributed by atoms with Gasteiger partial charge in [0.25, 0.3) is 11.5 Å². The number of carbonyl (C=O) groups is 1. The number of allylic oxidation sites excluding steroid dienone is 1. The van der Waals surface area contributed by atoms with Crippen molar-refractivity contribution in [2.75, 3.05) is 18.5 Å². The first-order chi connectivity index (χ1) is 19.9. The van der Waals surface area contributed by atoms with E-state index in [1.54, 1.807) is 62.4 Å². The van der Waals surface area contributed by atoms with E-state index < -0.39 is 11.9 Å². The number of fused-ring (bicyclic) bond motifs is 1. The Labute approximate surface area is 239 Å². The third-order valence-corrected chi connectivity index (χ3v) is 7.38. The molecule has 2 heterocycles. The molecule has 1 atom stereocenters. The summed E-state index contributed by atoms with van der Waals surface area (Å²) in [6.45, 7) is 3.73. The van der Waals surface area contributed by atoms with Gasteiger partial charge in [-0.2, -0.15) is 5.26 Å². The molecule has 41 heavy (non-hydrogen) atoms. The second-order valence-electron chi connectivity index (χ2n) is 9.05. The number of phenolic OH excluding ortho intramolecular Hbond substituents is 1. The summed E-state index contributed by atoms with van der Waals surface area (Å²) in [7, 11) is 0. The molecular weight excluding hydrogens is 540 g/mol. The summed E-state index contributed by atoms with van der Waals surface area (Å²) in [5.74, 6) is 0.259. The van der Waals surface area contributed by atoms with Gasteiger partial charge in [-0.05, 0) is 55.8 Å². The average molecular weight is 567 g/mol. The number of hydrogen-bond acceptors (Lipinski definition) is 8. The monoisotopic (exact) mass is 566 g/mol. The molecular formula is C31H26N4O5S. The van der Waals surface area contributed by atoms with Crippen LogP contribution < -0.4 is 29.7 Å². The Hall–Kier alpha value is -5.14. The Balaban J connectivity index is 1.69. The molecule has 4 aromatic rings. The van der Waals surface area contributed by atoms with Gasteiger partial charge in [0.2, 0.25) is 0 Å². The summed E-state index contributed by atoms with van der Waals surface area (Å²) in [5, 5.41) is 22.2. The van der Waals surface area contributed by atoms with Crippen molar-refractivity contribution in [1.82, 2.24) is 4.57 Å². The van der Waals surface area contributed by atoms with Gasteiger partial charge >= 0.3 is 0 Å². The van der Waals surface area contributed by atoms with E-state index in [1.165, 1.54) is 22.0 Å². The third-order valence-electron chi connectivity index (χ3n) is 6.40. The molecule has 0 unspecified atom stereocenters. The van der Waals surface area contributed by atoms with Crippen molar-refractivity contribution >= 4 is 29.0 Å². The van der Waals surface area contributed by atoms with Crippen LogP contribution in [-0.2, 0) is 4.79 Å². The van der Waals surface area contributed by atoms with Gasteiger partial charge in [0.15, 0.2) is 22.9 Å². The number of aromatic hydroxyl groups is 1. The lowest BCUT2D eigenvalue weighted by atomic mass is 9.94. The van der Waals surface area contributed by atoms with Crippen LogP contribution in [0.25, 0.3) is 6.08 Å². The summed E-state index contributed by atoms with van der Waals surface area (Å²) >= 11 is 1.19. The highest BCUT2D eigenvalue weighted by molar-refractivity contribution is 7.07. The summed E-state index contributed by atoms with van der Waals surface area (Å²) in [5.41, 5.74) is 2.20. The second-order valence-corrected chi connectivity index (χ2v) is 10.1. The molecule has 0 saturated heterocycles. The van der Waals surface area contributed by atoms with Gasteiger partial charge < -0.3 is 19.9 Å². The number of para-hydroxylation sites is 2. The number of thiazole rings is 1. The Morgan fingerprint density at radius 2 is 1.88 bits per heavy atom. The maximum absolute atomic E-state index is 14.0. The van der Waals surface area contributed by atoms with Crippen molar-refractivity contribution in [3.8, 4) is 23.3 Å². The summed E-state index contributed by atoms with van der Waals surface area (Å²) in [4.78, 5) is 32.8. The standard InChI is InChI=1S/C31H26N4O5S/c1-3-39-25-17-21(13-14-23(25)36)28-27(29(37)34-22-10-5-4-6-11-22)19(2)33-31-35(28)30(38)26(41-31)18-20-9-7-8-12-24(20)40-16-15-32/h4-14,17-18,28,36H,3,16H2,1-2H3,(H,34,37)/b26-18-/t28-/m0/s1. The summed E-state index contributed by atoms with van der Waals surface area (Å²) in [6.07, 6.45) is 1.69. The van der Waals surface area contributed by atoms with Crippen LogP contribution >= 0.6 is 11.3 Å². The van der Waals surface area contributed by atoms with E-state index in [0.29, 0.717) is 49.8 Å². The number of nitrogens with one attached hydrogen (secondary N) is 1. The number of rotatable bonds is 8. The molecule has 1 aromatic heterocycles. The quantitative estimate of drug-likeness (QED) is 0.333. The summed E-state index contributed by atoms with van der Waals surface area (Å²) < 4.78 is 13.0. The van der Waals surface area contributed by atoms with E-state index >= 15 is 0 Å². The molecule has 1 aliphatic rings. The molecule has 1 aliphatic heterocycles. The fourth-order valence-electron chi connectivity index (χ4n) is 4.60. The van der Waals surface area contributed by atoms with E-state index in [4.69, 9.17) is 14.7 Å². The highest BCUT2D eigenvalue weighted by Gasteiger charge is 2.33. The molecule has 206 valence electrons. The van der Waals surface area contributed by atoms with Gasteiger partial charge in [0.1, 0.15) is 11.8 Å². The third kappa shape index (κ3) is 5.62. The van der Waals surface area contributed by atoms with E-state index in [9.17, 15) is 14.7 Å². The molecule has 0 radical (unpaired) electrons. The van der Waals surface area contributed by atoms with E-state index in [0.717, 1.165) is 0 Å². The van der Waals surface area contributed by atoms with Crippen LogP contribution in [-0.4, -0.2) is 28.8 Å². The van der Waals surface area contributed by atoms with Crippen LogP contribution in [0.2, 0.25) is 0 Å². The first-order valence-electron chi connectivity index (χ1n) is 12.8. The Bertz CT molecular complexity index is 1870. The molecule has 0 saturated carbocycles. The van der Waals surface area contributed by atoms with Gasteiger partial charge in [-0.15, -0.1) is 0 Å². The zero-order chi connectivity index (χ0) is 28.9. The van der Waals surface area contributed by atoms with Crippen molar-refractivity contribution in [3.05, 3.63) is 115 Å². The van der Waals surface area contributed by atoms with Crippen LogP contribution in [0, 0.1) is 11.3 Å². The molecule has 0 bridgehead atoms. The molecule has 2 N–H and O–H groups in total. The minimum atomic E-state index is -0.845. The topological polar surface area (TPSA) is 126 Å². The van der Waals surface area contributed by atoms with Crippen molar-refractivity contribution in [1.29, 1.82) is 5.26 Å². The van der Waals surface area contributed by atoms with E-state index in [2.05, 4.69) is 10.3 Å². The number of carbonyl (C=O) groups excluding carboxylic acids is 1. The van der Waals surface area contributed by atoms with E-state index in [-0.39, 0.29) is 23.7 Å². The van der Waals surface area contributed by atoms with Crippen molar-refractivity contribution in [2.24, 2.45) is 4.99 Å². The molecule has 0 spiro atoms. The lowest BCUT2D eigenvalue weighted by molar-refractivity contribution is -0.113. The number of nitriles is 1. The number of anilines is 1. The van der Waals surface area contributed by atoms with Gasteiger partial charge in [0, 0.05) is 11.3 Å². The van der Waals surface area contributed by atoms with Gasteiger partial charge in [0.05, 0.1) is 28.5 Å². The van der Waals surface area contributed by atoms with Gasteiger partial charge in [-0.3, -0.25) is 14.2 Å². The number of aromatic nitrogens is 1. The van der Waals surface area contributed by atoms with Crippen molar-refractivity contribution < 1.29 is 19.4 Å². The number of benzene rings is 3. The highest BCUT2D eigenvalue weighted by atomic mass is 32.1. The molecule has 0 fully saturated rings. The Morgan fingerprint density at radius 1 is 1.12 bits per heavy atom. The summed E-state index contributed by atoms with van der Waals surface area (Å²) in [6, 6.07) is 22.0. The molecule has 9 nitrogen and oxygen atoms in total. The highest BCUT2D eigenvalue weighted by Crippen LogP contribution is 2.35. The number of phenols is 1. The SMILES string of the molecule is CCOc1cc([C@H]2C(C(=O)Nc3ccccc3)=C(C)N=c3s/c(=C\c4ccccc4OCC#N)c(=O)n32)ccc1O. The van der Waals surface area contributed by atoms with Crippen molar-refractivity contribution in [2.45, 2.75) is 19.9 Å². The second kappa shape index (κ2) is 11.9. The maximum atomic E-state index is 14.0. The largest absolute Gasteiger partial charge is 0.504 e. The molecule has 3 aromatic carbocycles. The molecule has 10 heteroatoms. The fourth-order valence-corrected chi connectivity index (χ4v) is 5.64. The van der Waals surface area contributed by atoms with Gasteiger partial charge in [-0.25, -0.2) is 4.99 Å². The van der Waals surface area contributed by atoms with Crippen LogP contribution in [0.3, 0.4) is 0 Å². The van der Waals surface area contributed by atoms with Crippen LogP contribution in [0.15, 0.2) is 93.9 Å². The number of amides is 1. The number of hydrogen-bond donors (Lipinski definition) is 2. The van der Waals surface area contributed by atoms with Gasteiger partial charge in [-0.1, -0.05) is 53.8 Å². The van der Waals surface area contributed by atoms with E-state index in [1.807, 2.05) is 30.3 Å². The minimum Gasteiger partial charge on any atom is -0.504 e. The maximum Gasteiger partial charge on any atom is 0.271 e. The first kappa shape index (κ1) is 27.4. The minimum absolute atomic E-state index is 0.0482. The molecule has 5 rings (SSSR count). The lowest BCUT2D eigenvalue weighted by Crippen LogP contribution is -2.40. The Morgan fingerprint density at radius 3 is 2.63 bits per heavy atom. The number of nitrogens with zero attached hydrogens (tertiary/aromatic N) is 3. The van der Waals surface area contributed by atoms with Crippen LogP contribution in [0.5, 0.6) is 17.2 Å². The van der Waals surface area contributed by atoms with Crippen LogP contribution in [0.4, 0.5) is 5.69 Å². The predicted molar refractivity (Wildman–Crippen MR) is 156 cm³/mol. The number of ether oxygens (including phenoxy) is 2. The fraction of sp³-hybridized carbons (Fsp3) is 0.161. The molecule has 0 aliphatic carbocycles. The first-order valence-corrected chi connectivity index (χ1v) is 13.7.